The monoisotopic (exact) mass is 185 g/mol. The number of quaternary nitrogens is 1. The zero-order valence-corrected chi connectivity index (χ0v) is 8.05. The molecule has 0 radical (unpaired) electrons. The predicted octanol–water partition coefficient (Wildman–Crippen LogP) is -0.526. The molecule has 74 valence electrons. The molecule has 1 aliphatic rings. The number of likely N-dealkylation sites (tertiary alicyclic amines) is 1. The second kappa shape index (κ2) is 4.97. The number of rotatable bonds is 3. The van der Waals surface area contributed by atoms with Gasteiger partial charge >= 0.3 is 0 Å². The fourth-order valence-electron chi connectivity index (χ4n) is 1.70. The molecule has 4 heteroatoms. The maximum atomic E-state index is 10.9. The quantitative estimate of drug-likeness (QED) is 0.353. The third-order valence-electron chi connectivity index (χ3n) is 2.51. The van der Waals surface area contributed by atoms with Crippen molar-refractivity contribution < 1.29 is 14.9 Å². The summed E-state index contributed by atoms with van der Waals surface area (Å²) in [6, 6.07) is 0. The minimum atomic E-state index is -0.124. The Hall–Kier alpha value is -0.900. The number of hydrogen-bond acceptors (Lipinski definition) is 3. The van der Waals surface area contributed by atoms with Gasteiger partial charge in [0.25, 0.3) is 0 Å². The van der Waals surface area contributed by atoms with Gasteiger partial charge in [-0.3, -0.25) is 4.79 Å². The molecule has 0 saturated carbocycles. The van der Waals surface area contributed by atoms with E-state index < -0.39 is 0 Å². The topological polar surface area (TPSA) is 54.1 Å². The molecule has 0 aromatic carbocycles. The van der Waals surface area contributed by atoms with Crippen LogP contribution in [0.25, 0.3) is 0 Å². The lowest BCUT2D eigenvalue weighted by molar-refractivity contribution is -0.895. The van der Waals surface area contributed by atoms with Crippen LogP contribution in [-0.2, 0) is 4.79 Å². The number of piperidine rings is 1. The third-order valence-corrected chi connectivity index (χ3v) is 2.51. The van der Waals surface area contributed by atoms with Gasteiger partial charge in [-0.25, -0.2) is 0 Å². The van der Waals surface area contributed by atoms with Crippen LogP contribution in [0.15, 0.2) is 5.16 Å². The Balaban J connectivity index is 2.41. The molecule has 0 aromatic heterocycles. The molecule has 13 heavy (non-hydrogen) atoms. The van der Waals surface area contributed by atoms with Gasteiger partial charge in [-0.15, -0.1) is 0 Å². The number of oxime groups is 1. The molecular weight excluding hydrogens is 168 g/mol. The van der Waals surface area contributed by atoms with E-state index >= 15 is 0 Å². The van der Waals surface area contributed by atoms with Gasteiger partial charge in [-0.05, 0) is 19.3 Å². The molecule has 4 nitrogen and oxygen atoms in total. The molecule has 1 heterocycles. The van der Waals surface area contributed by atoms with E-state index in [9.17, 15) is 4.79 Å². The second-order valence-electron chi connectivity index (χ2n) is 3.59. The van der Waals surface area contributed by atoms with E-state index in [1.807, 2.05) is 0 Å². The van der Waals surface area contributed by atoms with Crippen LogP contribution in [0.3, 0.4) is 0 Å². The zero-order valence-electron chi connectivity index (χ0n) is 8.05. The number of hydrogen-bond donors (Lipinski definition) is 2. The maximum absolute atomic E-state index is 10.9. The molecular formula is C9H17N2O2+. The Labute approximate surface area is 78.2 Å². The lowest BCUT2D eigenvalue weighted by atomic mass is 10.1. The first kappa shape index (κ1) is 10.2. The van der Waals surface area contributed by atoms with Crippen LogP contribution in [-0.4, -0.2) is 36.3 Å². The van der Waals surface area contributed by atoms with Gasteiger partial charge in [0.05, 0.1) is 13.1 Å². The fraction of sp³-hybridized carbons (Fsp3) is 0.778. The molecule has 0 spiro atoms. The van der Waals surface area contributed by atoms with E-state index in [0.717, 1.165) is 13.1 Å². The molecule has 0 amide bonds. The van der Waals surface area contributed by atoms with Gasteiger partial charge in [0.2, 0.25) is 0 Å². The summed E-state index contributed by atoms with van der Waals surface area (Å²) in [6.45, 7) is 4.20. The van der Waals surface area contributed by atoms with Gasteiger partial charge in [0, 0.05) is 6.92 Å². The van der Waals surface area contributed by atoms with E-state index in [0.29, 0.717) is 12.3 Å². The minimum Gasteiger partial charge on any atom is -0.410 e. The van der Waals surface area contributed by atoms with Crippen molar-refractivity contribution in [2.45, 2.75) is 26.2 Å². The number of carbonyl (C=O) groups excluding carboxylic acids is 1. The average Bonchev–Trinajstić information content (AvgIpc) is 2.15. The SMILES string of the molecule is CC(=O)/C(C[NH+]1CCCCC1)=N/O. The third kappa shape index (κ3) is 3.14. The van der Waals surface area contributed by atoms with Crippen LogP contribution >= 0.6 is 0 Å². The normalized spacial score (nSPS) is 20.2. The van der Waals surface area contributed by atoms with Crippen molar-refractivity contribution in [2.75, 3.05) is 19.6 Å². The second-order valence-corrected chi connectivity index (χ2v) is 3.59. The van der Waals surface area contributed by atoms with Crippen LogP contribution < -0.4 is 4.90 Å². The average molecular weight is 185 g/mol. The molecule has 0 atom stereocenters. The molecule has 1 saturated heterocycles. The lowest BCUT2D eigenvalue weighted by Gasteiger charge is -2.22. The summed E-state index contributed by atoms with van der Waals surface area (Å²) in [6.07, 6.45) is 3.72. The Morgan fingerprint density at radius 2 is 2.00 bits per heavy atom. The summed E-state index contributed by atoms with van der Waals surface area (Å²) in [5.41, 5.74) is 0.303. The van der Waals surface area contributed by atoms with E-state index in [-0.39, 0.29) is 5.78 Å². The largest absolute Gasteiger partial charge is 0.410 e. The first-order chi connectivity index (χ1) is 6.24. The van der Waals surface area contributed by atoms with Gasteiger partial charge in [0.15, 0.2) is 11.5 Å². The van der Waals surface area contributed by atoms with Crippen molar-refractivity contribution in [3.05, 3.63) is 0 Å². The number of ketones is 1. The Kier molecular flexibility index (Phi) is 3.89. The van der Waals surface area contributed by atoms with Crippen molar-refractivity contribution in [3.63, 3.8) is 0 Å². The Bertz CT molecular complexity index is 208. The smallest absolute Gasteiger partial charge is 0.183 e. The molecule has 1 fully saturated rings. The summed E-state index contributed by atoms with van der Waals surface area (Å²) in [5.74, 6) is -0.124. The first-order valence-corrected chi connectivity index (χ1v) is 4.79. The molecule has 0 aliphatic carbocycles. The van der Waals surface area contributed by atoms with Gasteiger partial charge < -0.3 is 10.1 Å². The number of Topliss-reactive ketones (excluding diaryl/α,β-unsaturated/α-hetero) is 1. The fourth-order valence-corrected chi connectivity index (χ4v) is 1.70. The minimum absolute atomic E-state index is 0.124. The standard InChI is InChI=1S/C9H16N2O2/c1-8(12)9(10-13)7-11-5-3-2-4-6-11/h13H,2-7H2,1H3/p+1/b10-9+. The highest BCUT2D eigenvalue weighted by atomic mass is 16.4. The maximum Gasteiger partial charge on any atom is 0.183 e. The molecule has 2 N–H and O–H groups in total. The highest BCUT2D eigenvalue weighted by Crippen LogP contribution is 1.94. The van der Waals surface area contributed by atoms with Crippen molar-refractivity contribution >= 4 is 11.5 Å². The lowest BCUT2D eigenvalue weighted by Crippen LogP contribution is -3.13. The Morgan fingerprint density at radius 3 is 2.46 bits per heavy atom. The zero-order chi connectivity index (χ0) is 9.68. The van der Waals surface area contributed by atoms with Crippen LogP contribution in [0, 0.1) is 0 Å². The van der Waals surface area contributed by atoms with Crippen LogP contribution in [0.5, 0.6) is 0 Å². The van der Waals surface area contributed by atoms with Crippen molar-refractivity contribution in [3.8, 4) is 0 Å². The van der Waals surface area contributed by atoms with Gasteiger partial charge in [-0.2, -0.15) is 0 Å². The summed E-state index contributed by atoms with van der Waals surface area (Å²) < 4.78 is 0. The van der Waals surface area contributed by atoms with Crippen molar-refractivity contribution in [2.24, 2.45) is 5.16 Å². The summed E-state index contributed by atoms with van der Waals surface area (Å²) in [4.78, 5) is 12.3. The van der Waals surface area contributed by atoms with Crippen molar-refractivity contribution in [1.82, 2.24) is 0 Å². The number of carbonyl (C=O) groups is 1. The number of nitrogens with zero attached hydrogens (tertiary/aromatic N) is 1. The molecule has 0 bridgehead atoms. The van der Waals surface area contributed by atoms with Crippen LogP contribution in [0.4, 0.5) is 0 Å². The predicted molar refractivity (Wildman–Crippen MR) is 49.3 cm³/mol. The first-order valence-electron chi connectivity index (χ1n) is 4.79. The van der Waals surface area contributed by atoms with E-state index in [1.165, 1.54) is 31.1 Å². The summed E-state index contributed by atoms with van der Waals surface area (Å²) in [7, 11) is 0. The highest BCUT2D eigenvalue weighted by Gasteiger charge is 2.18. The summed E-state index contributed by atoms with van der Waals surface area (Å²) in [5, 5.41) is 11.6. The molecule has 0 unspecified atom stereocenters. The molecule has 0 aromatic rings. The van der Waals surface area contributed by atoms with E-state index in [2.05, 4.69) is 5.16 Å². The van der Waals surface area contributed by atoms with E-state index in [4.69, 9.17) is 5.21 Å². The van der Waals surface area contributed by atoms with Crippen LogP contribution in [0.2, 0.25) is 0 Å². The molecule has 1 aliphatic heterocycles. The number of nitrogens with one attached hydrogen (secondary N) is 1. The Morgan fingerprint density at radius 1 is 1.38 bits per heavy atom. The van der Waals surface area contributed by atoms with E-state index in [1.54, 1.807) is 0 Å². The summed E-state index contributed by atoms with van der Waals surface area (Å²) >= 11 is 0. The van der Waals surface area contributed by atoms with Gasteiger partial charge in [-0.1, -0.05) is 5.16 Å². The van der Waals surface area contributed by atoms with Crippen LogP contribution in [0.1, 0.15) is 26.2 Å². The highest BCUT2D eigenvalue weighted by molar-refractivity contribution is 6.39. The molecule has 1 rings (SSSR count). The van der Waals surface area contributed by atoms with Crippen molar-refractivity contribution in [1.29, 1.82) is 0 Å². The van der Waals surface area contributed by atoms with Gasteiger partial charge in [0.1, 0.15) is 6.54 Å².